The highest BCUT2D eigenvalue weighted by atomic mass is 79.9. The predicted molar refractivity (Wildman–Crippen MR) is 153 cm³/mol. The average molecular weight is 601 g/mol. The highest BCUT2D eigenvalue weighted by Crippen LogP contribution is 2.67. The van der Waals surface area contributed by atoms with E-state index in [1.165, 1.54) is 0 Å². The molecule has 7 nitrogen and oxygen atoms in total. The number of carbonyl (C=O) groups is 3. The number of thioether (sulfide) groups is 1. The number of rotatable bonds is 11. The van der Waals surface area contributed by atoms with Crippen molar-refractivity contribution in [3.8, 4) is 0 Å². The number of para-hydroxylation sites is 1. The van der Waals surface area contributed by atoms with Gasteiger partial charge in [0.1, 0.15) is 6.04 Å². The fraction of sp³-hybridized carbons (Fsp3) is 0.483. The number of amides is 3. The quantitative estimate of drug-likeness (QED) is 0.268. The number of unbranched alkanes of at least 4 members (excludes halogenated alkanes) is 3. The van der Waals surface area contributed by atoms with E-state index in [9.17, 15) is 14.4 Å². The van der Waals surface area contributed by atoms with E-state index in [0.717, 1.165) is 31.2 Å². The van der Waals surface area contributed by atoms with Gasteiger partial charge < -0.3 is 20.6 Å². The highest BCUT2D eigenvalue weighted by Gasteiger charge is 2.75. The number of hydrogen-bond acceptors (Lipinski definition) is 5. The summed E-state index contributed by atoms with van der Waals surface area (Å²) >= 11 is 5.46. The Hall–Kier alpha value is -2.36. The van der Waals surface area contributed by atoms with Crippen LogP contribution in [0.5, 0.6) is 0 Å². The minimum Gasteiger partial charge on any atom is -0.396 e. The number of nitrogens with one attached hydrogen (secondary N) is 2. The maximum Gasteiger partial charge on any atom is 0.244 e. The first kappa shape index (κ1) is 27.2. The van der Waals surface area contributed by atoms with Gasteiger partial charge in [0, 0.05) is 35.5 Å². The Morgan fingerprint density at radius 1 is 1.00 bits per heavy atom. The van der Waals surface area contributed by atoms with Gasteiger partial charge in [0.25, 0.3) is 0 Å². The molecule has 2 bridgehead atoms. The van der Waals surface area contributed by atoms with Gasteiger partial charge in [-0.25, -0.2) is 0 Å². The van der Waals surface area contributed by atoms with E-state index in [1.54, 1.807) is 16.7 Å². The van der Waals surface area contributed by atoms with Gasteiger partial charge in [0.05, 0.1) is 16.6 Å². The molecule has 3 aliphatic rings. The Morgan fingerprint density at radius 2 is 1.68 bits per heavy atom. The van der Waals surface area contributed by atoms with E-state index in [-0.39, 0.29) is 34.4 Å². The fourth-order valence-corrected chi connectivity index (χ4v) is 9.96. The topological polar surface area (TPSA) is 98.7 Å². The second-order valence-electron chi connectivity index (χ2n) is 10.4. The molecule has 9 heteroatoms. The minimum absolute atomic E-state index is 0.0389. The van der Waals surface area contributed by atoms with Crippen molar-refractivity contribution in [3.05, 3.63) is 66.2 Å². The number of aliphatic hydroxyl groups is 1. The number of halogens is 1. The predicted octanol–water partition coefficient (Wildman–Crippen LogP) is 3.96. The maximum atomic E-state index is 14.1. The lowest BCUT2D eigenvalue weighted by Gasteiger charge is -2.35. The van der Waals surface area contributed by atoms with E-state index in [2.05, 4.69) is 26.6 Å². The van der Waals surface area contributed by atoms with Gasteiger partial charge in [-0.1, -0.05) is 77.3 Å². The largest absolute Gasteiger partial charge is 0.396 e. The molecule has 0 radical (unpaired) electrons. The molecular formula is C29H34BrN3O4S. The van der Waals surface area contributed by atoms with Crippen molar-refractivity contribution in [1.29, 1.82) is 0 Å². The number of carbonyl (C=O) groups excluding carboxylic acids is 3. The summed E-state index contributed by atoms with van der Waals surface area (Å²) in [6, 6.07) is 18.4. The van der Waals surface area contributed by atoms with Crippen LogP contribution in [-0.2, 0) is 20.9 Å². The van der Waals surface area contributed by atoms with Crippen molar-refractivity contribution < 1.29 is 19.5 Å². The molecule has 3 aliphatic heterocycles. The molecule has 2 aromatic rings. The lowest BCUT2D eigenvalue weighted by molar-refractivity contribution is -0.139. The number of nitrogens with zero attached hydrogens (tertiary/aromatic N) is 1. The van der Waals surface area contributed by atoms with Crippen molar-refractivity contribution in [3.63, 3.8) is 0 Å². The molecule has 0 aromatic heterocycles. The van der Waals surface area contributed by atoms with Crippen LogP contribution in [0.4, 0.5) is 5.69 Å². The van der Waals surface area contributed by atoms with E-state index in [1.807, 2.05) is 60.7 Å². The standard InChI is InChI=1S/C29H34BrN3O4S/c30-21-17-29-23(22(24(21)38-29)26(35)32-20-13-7-4-8-14-20)28(37)33(15-9-1-2-10-16-34)25(29)27(36)31-18-19-11-5-3-6-12-19/h3-8,11-14,21-25,34H,1-2,9-10,15-18H2,(H,31,36)(H,32,35)/t21?,22-,23-,24-,25?,29?/m0/s1. The summed E-state index contributed by atoms with van der Waals surface area (Å²) in [6.07, 6.45) is 3.89. The third kappa shape index (κ3) is 5.12. The van der Waals surface area contributed by atoms with Gasteiger partial charge in [-0.2, -0.15) is 0 Å². The molecule has 1 spiro atoms. The number of fused-ring (bicyclic) bond motifs is 1. The smallest absolute Gasteiger partial charge is 0.244 e. The van der Waals surface area contributed by atoms with Crippen LogP contribution in [0.15, 0.2) is 60.7 Å². The summed E-state index contributed by atoms with van der Waals surface area (Å²) in [6.45, 7) is 1.01. The number of benzene rings is 2. The summed E-state index contributed by atoms with van der Waals surface area (Å²) < 4.78 is -0.652. The van der Waals surface area contributed by atoms with Crippen LogP contribution < -0.4 is 10.6 Å². The van der Waals surface area contributed by atoms with E-state index < -0.39 is 22.6 Å². The third-order valence-corrected chi connectivity index (χ3v) is 11.2. The molecule has 3 saturated heterocycles. The monoisotopic (exact) mass is 599 g/mol. The normalized spacial score (nSPS) is 29.4. The Balaban J connectivity index is 1.41. The number of hydrogen-bond donors (Lipinski definition) is 3. The second-order valence-corrected chi connectivity index (χ2v) is 13.1. The van der Waals surface area contributed by atoms with Crippen LogP contribution in [0.1, 0.15) is 37.7 Å². The third-order valence-electron chi connectivity index (χ3n) is 8.00. The Kier molecular flexibility index (Phi) is 8.45. The Labute approximate surface area is 236 Å². The molecule has 0 saturated carbocycles. The molecular weight excluding hydrogens is 566 g/mol. The molecule has 3 heterocycles. The van der Waals surface area contributed by atoms with E-state index in [4.69, 9.17) is 5.11 Å². The van der Waals surface area contributed by atoms with Gasteiger partial charge in [-0.05, 0) is 37.0 Å². The van der Waals surface area contributed by atoms with E-state index >= 15 is 0 Å². The lowest BCUT2D eigenvalue weighted by Crippen LogP contribution is -2.54. The Bertz CT molecular complexity index is 1150. The minimum atomic E-state index is -0.652. The molecule has 0 aliphatic carbocycles. The van der Waals surface area contributed by atoms with Gasteiger partial charge in [-0.15, -0.1) is 11.8 Å². The summed E-state index contributed by atoms with van der Waals surface area (Å²) in [7, 11) is 0. The van der Waals surface area contributed by atoms with Gasteiger partial charge in [0.15, 0.2) is 0 Å². The van der Waals surface area contributed by atoms with Crippen LogP contribution in [-0.4, -0.2) is 61.7 Å². The van der Waals surface area contributed by atoms with Crippen molar-refractivity contribution in [2.24, 2.45) is 11.8 Å². The SMILES string of the molecule is O=C(NCc1ccccc1)C1N(CCCCCCO)C(=O)[C@@H]2[C@H](C(=O)Nc3ccccc3)[C@H]3SC12CC3Br. The van der Waals surface area contributed by atoms with Crippen LogP contribution in [0.2, 0.25) is 0 Å². The van der Waals surface area contributed by atoms with Crippen LogP contribution in [0.3, 0.4) is 0 Å². The van der Waals surface area contributed by atoms with Crippen molar-refractivity contribution in [2.45, 2.75) is 59.5 Å². The Morgan fingerprint density at radius 3 is 2.39 bits per heavy atom. The average Bonchev–Trinajstić information content (AvgIpc) is 3.52. The van der Waals surface area contributed by atoms with Crippen LogP contribution in [0.25, 0.3) is 0 Å². The first-order chi connectivity index (χ1) is 18.5. The summed E-state index contributed by atoms with van der Waals surface area (Å²) in [5, 5.41) is 15.2. The van der Waals surface area contributed by atoms with Crippen molar-refractivity contribution in [1.82, 2.24) is 10.2 Å². The maximum absolute atomic E-state index is 14.1. The molecule has 3 unspecified atom stereocenters. The first-order valence-corrected chi connectivity index (χ1v) is 15.2. The molecule has 3 fully saturated rings. The molecule has 2 aromatic carbocycles. The van der Waals surface area contributed by atoms with Crippen molar-refractivity contribution in [2.75, 3.05) is 18.5 Å². The molecule has 202 valence electrons. The zero-order valence-electron chi connectivity index (χ0n) is 21.2. The molecule has 5 rings (SSSR count). The van der Waals surface area contributed by atoms with Gasteiger partial charge >= 0.3 is 0 Å². The zero-order valence-corrected chi connectivity index (χ0v) is 23.6. The van der Waals surface area contributed by atoms with Crippen LogP contribution >= 0.6 is 27.7 Å². The summed E-state index contributed by atoms with van der Waals surface area (Å²) in [4.78, 5) is 43.3. The van der Waals surface area contributed by atoms with Gasteiger partial charge in [0.2, 0.25) is 17.7 Å². The fourth-order valence-electron chi connectivity index (χ4n) is 6.35. The highest BCUT2D eigenvalue weighted by molar-refractivity contribution is 9.09. The summed E-state index contributed by atoms with van der Waals surface area (Å²) in [5.74, 6) is -1.47. The van der Waals surface area contributed by atoms with Crippen LogP contribution in [0, 0.1) is 11.8 Å². The molecule has 38 heavy (non-hydrogen) atoms. The number of alkyl halides is 1. The van der Waals surface area contributed by atoms with Gasteiger partial charge in [-0.3, -0.25) is 14.4 Å². The first-order valence-electron chi connectivity index (χ1n) is 13.4. The summed E-state index contributed by atoms with van der Waals surface area (Å²) in [5.41, 5.74) is 1.70. The molecule has 3 N–H and O–H groups in total. The zero-order chi connectivity index (χ0) is 26.7. The number of aliphatic hydroxyl groups excluding tert-OH is 1. The second kappa shape index (κ2) is 11.8. The van der Waals surface area contributed by atoms with Crippen molar-refractivity contribution >= 4 is 51.1 Å². The molecule has 3 amide bonds. The molecule has 6 atom stereocenters. The van der Waals surface area contributed by atoms with E-state index in [0.29, 0.717) is 25.2 Å². The number of likely N-dealkylation sites (tertiary alicyclic amines) is 1. The lowest BCUT2D eigenvalue weighted by atomic mass is 9.70. The number of anilines is 1.